The first-order valence-corrected chi connectivity index (χ1v) is 12.2. The van der Waals surface area contributed by atoms with Crippen LogP contribution in [0.1, 0.15) is 16.7 Å². The Labute approximate surface area is 208 Å². The lowest BCUT2D eigenvalue weighted by atomic mass is 9.97. The van der Waals surface area contributed by atoms with Crippen molar-refractivity contribution in [2.24, 2.45) is 0 Å². The number of nitrogens with one attached hydrogen (secondary N) is 2. The summed E-state index contributed by atoms with van der Waals surface area (Å²) in [5.74, 6) is -0.194. The smallest absolute Gasteiger partial charge is 0.286 e. The van der Waals surface area contributed by atoms with Gasteiger partial charge in [-0.15, -0.1) is 0 Å². The number of fused-ring (bicyclic) bond motifs is 1. The molecular weight excluding hydrogens is 456 g/mol. The minimum Gasteiger partial charge on any atom is -0.362 e. The molecular formula is C29H26N2O3S. The summed E-state index contributed by atoms with van der Waals surface area (Å²) in [5.41, 5.74) is 5.94. The van der Waals surface area contributed by atoms with Gasteiger partial charge in [-0.1, -0.05) is 103 Å². The van der Waals surface area contributed by atoms with Crippen molar-refractivity contribution in [3.63, 3.8) is 0 Å². The number of carbonyl (C=O) groups is 3. The van der Waals surface area contributed by atoms with Crippen LogP contribution in [-0.4, -0.2) is 29.9 Å². The molecule has 1 aliphatic heterocycles. The molecule has 0 saturated carbocycles. The van der Waals surface area contributed by atoms with Gasteiger partial charge >= 0.3 is 0 Å². The molecule has 0 bridgehead atoms. The Balaban J connectivity index is 0.000000672. The van der Waals surface area contributed by atoms with Gasteiger partial charge < -0.3 is 5.32 Å². The lowest BCUT2D eigenvalue weighted by Gasteiger charge is -2.09. The quantitative estimate of drug-likeness (QED) is 0.363. The largest absolute Gasteiger partial charge is 0.362 e. The summed E-state index contributed by atoms with van der Waals surface area (Å²) < 4.78 is 0. The van der Waals surface area contributed by atoms with Crippen LogP contribution in [0.3, 0.4) is 0 Å². The zero-order valence-electron chi connectivity index (χ0n) is 19.4. The summed E-state index contributed by atoms with van der Waals surface area (Å²) in [6.07, 6.45) is 2.07. The van der Waals surface area contributed by atoms with Crippen molar-refractivity contribution in [1.29, 1.82) is 0 Å². The minimum atomic E-state index is -0.330. The molecule has 4 aromatic carbocycles. The van der Waals surface area contributed by atoms with Crippen molar-refractivity contribution in [1.82, 2.24) is 10.6 Å². The number of benzene rings is 4. The van der Waals surface area contributed by atoms with E-state index in [4.69, 9.17) is 4.79 Å². The van der Waals surface area contributed by atoms with Crippen LogP contribution >= 0.6 is 11.8 Å². The zero-order valence-corrected chi connectivity index (χ0v) is 20.2. The highest BCUT2D eigenvalue weighted by Crippen LogP contribution is 2.26. The van der Waals surface area contributed by atoms with Crippen molar-refractivity contribution < 1.29 is 14.4 Å². The summed E-state index contributed by atoms with van der Waals surface area (Å²) in [7, 11) is 1.56. The summed E-state index contributed by atoms with van der Waals surface area (Å²) in [4.78, 5) is 32.2. The third kappa shape index (κ3) is 6.37. The number of rotatable bonds is 6. The third-order valence-corrected chi connectivity index (χ3v) is 6.72. The van der Waals surface area contributed by atoms with Crippen molar-refractivity contribution in [2.75, 3.05) is 7.05 Å². The van der Waals surface area contributed by atoms with Gasteiger partial charge in [0, 0.05) is 7.05 Å². The molecule has 176 valence electrons. The van der Waals surface area contributed by atoms with Crippen LogP contribution in [0.5, 0.6) is 0 Å². The molecule has 35 heavy (non-hydrogen) atoms. The van der Waals surface area contributed by atoms with Gasteiger partial charge in [0.25, 0.3) is 5.24 Å². The zero-order chi connectivity index (χ0) is 24.6. The lowest BCUT2D eigenvalue weighted by Crippen LogP contribution is -2.25. The van der Waals surface area contributed by atoms with Gasteiger partial charge in [-0.3, -0.25) is 19.7 Å². The molecule has 0 aliphatic carbocycles. The van der Waals surface area contributed by atoms with Crippen LogP contribution in [0.25, 0.3) is 21.9 Å². The normalized spacial score (nSPS) is 14.7. The fourth-order valence-electron chi connectivity index (χ4n) is 4.02. The second-order valence-corrected chi connectivity index (χ2v) is 9.42. The molecule has 3 amide bonds. The molecule has 1 aliphatic rings. The molecule has 4 aromatic rings. The van der Waals surface area contributed by atoms with Gasteiger partial charge in [-0.2, -0.15) is 0 Å². The molecule has 1 atom stereocenters. The molecule has 1 heterocycles. The van der Waals surface area contributed by atoms with E-state index in [1.54, 1.807) is 7.05 Å². The molecule has 2 N–H and O–H groups in total. The van der Waals surface area contributed by atoms with E-state index < -0.39 is 0 Å². The Bertz CT molecular complexity index is 1350. The third-order valence-electron chi connectivity index (χ3n) is 5.74. The topological polar surface area (TPSA) is 75.3 Å². The number of amides is 3. The predicted molar refractivity (Wildman–Crippen MR) is 142 cm³/mol. The summed E-state index contributed by atoms with van der Waals surface area (Å²) in [6, 6.07) is 32.0. The predicted octanol–water partition coefficient (Wildman–Crippen LogP) is 5.35. The Morgan fingerprint density at radius 1 is 0.800 bits per heavy atom. The number of hydrogen-bond acceptors (Lipinski definition) is 4. The molecule has 1 unspecified atom stereocenters. The number of carbonyl (C=O) groups excluding carboxylic acids is 3. The van der Waals surface area contributed by atoms with E-state index in [1.807, 2.05) is 12.1 Å². The van der Waals surface area contributed by atoms with Gasteiger partial charge in [0.1, 0.15) is 0 Å². The van der Waals surface area contributed by atoms with Crippen LogP contribution in [0.2, 0.25) is 0 Å². The molecule has 6 heteroatoms. The van der Waals surface area contributed by atoms with Gasteiger partial charge in [0.2, 0.25) is 12.3 Å². The van der Waals surface area contributed by atoms with Crippen LogP contribution in [0.4, 0.5) is 4.79 Å². The van der Waals surface area contributed by atoms with Gasteiger partial charge in [0.15, 0.2) is 0 Å². The maximum atomic E-state index is 11.8. The number of imide groups is 1. The number of hydrogen-bond donors (Lipinski definition) is 2. The van der Waals surface area contributed by atoms with Gasteiger partial charge in [-0.25, -0.2) is 0 Å². The van der Waals surface area contributed by atoms with Crippen LogP contribution in [0.15, 0.2) is 91.0 Å². The van der Waals surface area contributed by atoms with E-state index in [1.165, 1.54) is 27.5 Å². The van der Waals surface area contributed by atoms with E-state index in [9.17, 15) is 9.59 Å². The Kier molecular flexibility index (Phi) is 7.95. The van der Waals surface area contributed by atoms with Gasteiger partial charge in [0.05, 0.1) is 5.25 Å². The second kappa shape index (κ2) is 11.5. The van der Waals surface area contributed by atoms with E-state index in [2.05, 4.69) is 89.5 Å². The fraction of sp³-hybridized carbons (Fsp3) is 0.138. The van der Waals surface area contributed by atoms with E-state index in [0.717, 1.165) is 29.3 Å². The van der Waals surface area contributed by atoms with E-state index in [0.29, 0.717) is 12.8 Å². The van der Waals surface area contributed by atoms with Crippen molar-refractivity contribution >= 4 is 40.1 Å². The molecule has 1 fully saturated rings. The van der Waals surface area contributed by atoms with E-state index in [-0.39, 0.29) is 16.4 Å². The van der Waals surface area contributed by atoms with Crippen LogP contribution in [0, 0.1) is 0 Å². The molecule has 0 radical (unpaired) electrons. The Morgan fingerprint density at radius 2 is 1.49 bits per heavy atom. The first kappa shape index (κ1) is 24.2. The van der Waals surface area contributed by atoms with Crippen LogP contribution < -0.4 is 10.6 Å². The standard InChI is InChI=1S/C27H21NO2S.C2H5NO/c29-26-25(31-27(30)28-26)17-18-8-11-22(12-9-18)24-7-3-4-19(15-24)14-20-10-13-21-5-1-2-6-23(21)16-20;1-3-2-4/h1-13,15-16,25H,14,17H2,(H,28,29,30);2H,1H3,(H,3,4). The number of thioether (sulfide) groups is 1. The maximum Gasteiger partial charge on any atom is 0.286 e. The Hall–Kier alpha value is -3.90. The second-order valence-electron chi connectivity index (χ2n) is 8.25. The highest BCUT2D eigenvalue weighted by molar-refractivity contribution is 8.15. The minimum absolute atomic E-state index is 0.194. The first-order chi connectivity index (χ1) is 17.1. The lowest BCUT2D eigenvalue weighted by molar-refractivity contribution is -0.119. The van der Waals surface area contributed by atoms with Gasteiger partial charge in [-0.05, 0) is 51.4 Å². The molecule has 0 spiro atoms. The highest BCUT2D eigenvalue weighted by Gasteiger charge is 2.31. The summed E-state index contributed by atoms with van der Waals surface area (Å²) in [6.45, 7) is 0. The molecule has 1 saturated heterocycles. The molecule has 5 rings (SSSR count). The SMILES string of the molecule is CNC=O.O=C1NC(=O)C(Cc2ccc(-c3cccc(Cc4ccc5ccccc5c4)c3)cc2)S1. The van der Waals surface area contributed by atoms with E-state index >= 15 is 0 Å². The van der Waals surface area contributed by atoms with Crippen molar-refractivity contribution in [3.8, 4) is 11.1 Å². The average Bonchev–Trinajstić information content (AvgIpc) is 3.21. The fourth-order valence-corrected chi connectivity index (χ4v) is 4.88. The van der Waals surface area contributed by atoms with Crippen LogP contribution in [-0.2, 0) is 22.4 Å². The maximum absolute atomic E-state index is 11.8. The first-order valence-electron chi connectivity index (χ1n) is 11.3. The molecule has 0 aromatic heterocycles. The average molecular weight is 483 g/mol. The monoisotopic (exact) mass is 482 g/mol. The summed E-state index contributed by atoms with van der Waals surface area (Å²) >= 11 is 1.07. The summed E-state index contributed by atoms with van der Waals surface area (Å²) in [5, 5.41) is 6.54. The van der Waals surface area contributed by atoms with Crippen molar-refractivity contribution in [2.45, 2.75) is 18.1 Å². The van der Waals surface area contributed by atoms with Crippen molar-refractivity contribution in [3.05, 3.63) is 108 Å². The molecule has 5 nitrogen and oxygen atoms in total. The Morgan fingerprint density at radius 3 is 2.17 bits per heavy atom. The highest BCUT2D eigenvalue weighted by atomic mass is 32.2.